The van der Waals surface area contributed by atoms with Gasteiger partial charge in [-0.05, 0) is 49.6 Å². The lowest BCUT2D eigenvalue weighted by atomic mass is 10.1. The van der Waals surface area contributed by atoms with Crippen molar-refractivity contribution in [3.05, 3.63) is 53.7 Å². The number of aromatic nitrogens is 1. The number of pyridine rings is 1. The molecule has 1 aliphatic rings. The minimum Gasteiger partial charge on any atom is -0.372 e. The number of hydrogen-bond acceptors (Lipinski definition) is 4. The molecule has 2 aromatic rings. The Kier molecular flexibility index (Phi) is 6.87. The number of aryl methyl sites for hydroxylation is 1. The summed E-state index contributed by atoms with van der Waals surface area (Å²) >= 11 is 0. The number of benzene rings is 1. The van der Waals surface area contributed by atoms with Gasteiger partial charge in [0.05, 0.1) is 12.2 Å². The number of urea groups is 1. The molecule has 0 radical (unpaired) electrons. The Morgan fingerprint density at radius 2 is 1.79 bits per heavy atom. The summed E-state index contributed by atoms with van der Waals surface area (Å²) in [5.41, 5.74) is 3.04. The predicted molar refractivity (Wildman–Crippen MR) is 113 cm³/mol. The van der Waals surface area contributed by atoms with E-state index in [0.717, 1.165) is 43.0 Å². The van der Waals surface area contributed by atoms with Gasteiger partial charge in [-0.25, -0.2) is 9.78 Å². The average molecular weight is 383 g/mol. The fourth-order valence-corrected chi connectivity index (χ4v) is 3.47. The molecule has 3 rings (SSSR count). The lowest BCUT2D eigenvalue weighted by Crippen LogP contribution is -2.45. The van der Waals surface area contributed by atoms with Gasteiger partial charge in [-0.15, -0.1) is 0 Å². The first-order valence-corrected chi connectivity index (χ1v) is 10.0. The number of amides is 2. The maximum Gasteiger partial charge on any atom is 0.319 e. The van der Waals surface area contributed by atoms with E-state index in [2.05, 4.69) is 53.4 Å². The Morgan fingerprint density at radius 1 is 1.11 bits per heavy atom. The zero-order valence-electron chi connectivity index (χ0n) is 16.9. The average Bonchev–Trinajstić information content (AvgIpc) is 2.68. The lowest BCUT2D eigenvalue weighted by Gasteiger charge is -2.36. The number of carbonyl (C=O) groups is 1. The first kappa shape index (κ1) is 20.1. The molecule has 150 valence electrons. The van der Waals surface area contributed by atoms with Gasteiger partial charge in [0.2, 0.25) is 0 Å². The van der Waals surface area contributed by atoms with Crippen LogP contribution in [0.5, 0.6) is 0 Å². The predicted octanol–water partition coefficient (Wildman–Crippen LogP) is 3.97. The van der Waals surface area contributed by atoms with Crippen LogP contribution in [-0.4, -0.2) is 36.3 Å². The number of anilines is 2. The normalized spacial score (nSPS) is 19.3. The first-order chi connectivity index (χ1) is 13.5. The number of morpholine rings is 1. The standard InChI is InChI=1S/C22H30N4O2/c1-4-5-18-6-9-20(10-7-18)25-22(27)24-13-19-8-11-21(23-12-19)26-14-16(2)28-17(3)15-26/h6-12,16-17H,4-5,13-15H2,1-3H3,(H2,24,25,27). The Bertz CT molecular complexity index is 751. The second kappa shape index (κ2) is 9.55. The molecular weight excluding hydrogens is 352 g/mol. The Balaban J connectivity index is 1.48. The Labute approximate surface area is 167 Å². The molecule has 2 atom stereocenters. The van der Waals surface area contributed by atoms with Crippen molar-refractivity contribution in [2.24, 2.45) is 0 Å². The maximum atomic E-state index is 12.1. The van der Waals surface area contributed by atoms with Crippen LogP contribution in [0.25, 0.3) is 0 Å². The summed E-state index contributed by atoms with van der Waals surface area (Å²) in [6.45, 7) is 8.43. The van der Waals surface area contributed by atoms with E-state index in [9.17, 15) is 4.79 Å². The fourth-order valence-electron chi connectivity index (χ4n) is 3.47. The SMILES string of the molecule is CCCc1ccc(NC(=O)NCc2ccc(N3CC(C)OC(C)C3)nc2)cc1. The van der Waals surface area contributed by atoms with Gasteiger partial charge < -0.3 is 20.3 Å². The number of nitrogens with zero attached hydrogens (tertiary/aromatic N) is 2. The molecule has 0 aliphatic carbocycles. The summed E-state index contributed by atoms with van der Waals surface area (Å²) in [4.78, 5) is 18.9. The summed E-state index contributed by atoms with van der Waals surface area (Å²) in [6, 6.07) is 11.8. The van der Waals surface area contributed by atoms with E-state index in [1.54, 1.807) is 0 Å². The lowest BCUT2D eigenvalue weighted by molar-refractivity contribution is -0.00546. The topological polar surface area (TPSA) is 66.5 Å². The molecule has 1 aromatic heterocycles. The number of nitrogens with one attached hydrogen (secondary N) is 2. The van der Waals surface area contributed by atoms with E-state index in [1.807, 2.05) is 30.5 Å². The van der Waals surface area contributed by atoms with E-state index in [0.29, 0.717) is 6.54 Å². The highest BCUT2D eigenvalue weighted by Crippen LogP contribution is 2.18. The van der Waals surface area contributed by atoms with E-state index < -0.39 is 0 Å². The van der Waals surface area contributed by atoms with Crippen LogP contribution in [0.15, 0.2) is 42.6 Å². The monoisotopic (exact) mass is 382 g/mol. The minimum atomic E-state index is -0.219. The molecule has 1 saturated heterocycles. The molecule has 1 aliphatic heterocycles. The second-order valence-electron chi connectivity index (χ2n) is 7.44. The fraction of sp³-hybridized carbons (Fsp3) is 0.455. The molecule has 28 heavy (non-hydrogen) atoms. The van der Waals surface area contributed by atoms with Crippen molar-refractivity contribution in [2.45, 2.75) is 52.4 Å². The molecule has 2 unspecified atom stereocenters. The third-order valence-corrected chi connectivity index (χ3v) is 4.76. The van der Waals surface area contributed by atoms with Gasteiger partial charge in [-0.1, -0.05) is 31.5 Å². The van der Waals surface area contributed by atoms with Gasteiger partial charge >= 0.3 is 6.03 Å². The molecule has 1 fully saturated rings. The molecule has 1 aromatic carbocycles. The Hall–Kier alpha value is -2.60. The summed E-state index contributed by atoms with van der Waals surface area (Å²) < 4.78 is 5.77. The number of hydrogen-bond donors (Lipinski definition) is 2. The molecule has 0 spiro atoms. The quantitative estimate of drug-likeness (QED) is 0.793. The summed E-state index contributed by atoms with van der Waals surface area (Å²) in [7, 11) is 0. The highest BCUT2D eigenvalue weighted by molar-refractivity contribution is 5.89. The number of carbonyl (C=O) groups excluding carboxylic acids is 1. The van der Waals surface area contributed by atoms with E-state index in [4.69, 9.17) is 4.74 Å². The zero-order chi connectivity index (χ0) is 19.9. The van der Waals surface area contributed by atoms with Gasteiger partial charge in [0.15, 0.2) is 0 Å². The molecule has 2 heterocycles. The highest BCUT2D eigenvalue weighted by Gasteiger charge is 2.22. The van der Waals surface area contributed by atoms with Crippen LogP contribution >= 0.6 is 0 Å². The van der Waals surface area contributed by atoms with Crippen LogP contribution in [0.2, 0.25) is 0 Å². The van der Waals surface area contributed by atoms with Crippen molar-refractivity contribution >= 4 is 17.5 Å². The molecule has 6 heteroatoms. The van der Waals surface area contributed by atoms with E-state index >= 15 is 0 Å². The van der Waals surface area contributed by atoms with E-state index in [1.165, 1.54) is 5.56 Å². The van der Waals surface area contributed by atoms with Gasteiger partial charge in [0.25, 0.3) is 0 Å². The summed E-state index contributed by atoms with van der Waals surface area (Å²) in [6.07, 6.45) is 4.39. The largest absolute Gasteiger partial charge is 0.372 e. The van der Waals surface area contributed by atoms with Crippen LogP contribution in [0.3, 0.4) is 0 Å². The molecular formula is C22H30N4O2. The van der Waals surface area contributed by atoms with Crippen LogP contribution in [0, 0.1) is 0 Å². The van der Waals surface area contributed by atoms with Crippen molar-refractivity contribution in [3.63, 3.8) is 0 Å². The third-order valence-electron chi connectivity index (χ3n) is 4.76. The van der Waals surface area contributed by atoms with Crippen LogP contribution < -0.4 is 15.5 Å². The van der Waals surface area contributed by atoms with Gasteiger partial charge in [0.1, 0.15) is 5.82 Å². The number of ether oxygens (including phenoxy) is 1. The summed E-state index contributed by atoms with van der Waals surface area (Å²) in [5.74, 6) is 0.947. The zero-order valence-corrected chi connectivity index (χ0v) is 16.9. The summed E-state index contributed by atoms with van der Waals surface area (Å²) in [5, 5.41) is 5.74. The van der Waals surface area contributed by atoms with Crippen molar-refractivity contribution in [2.75, 3.05) is 23.3 Å². The van der Waals surface area contributed by atoms with Crippen molar-refractivity contribution in [1.82, 2.24) is 10.3 Å². The van der Waals surface area contributed by atoms with Gasteiger partial charge in [-0.3, -0.25) is 0 Å². The van der Waals surface area contributed by atoms with Crippen molar-refractivity contribution in [1.29, 1.82) is 0 Å². The first-order valence-electron chi connectivity index (χ1n) is 10.0. The van der Waals surface area contributed by atoms with Crippen molar-refractivity contribution in [3.8, 4) is 0 Å². The van der Waals surface area contributed by atoms with Gasteiger partial charge in [0, 0.05) is 31.5 Å². The molecule has 6 nitrogen and oxygen atoms in total. The van der Waals surface area contributed by atoms with Crippen LogP contribution in [-0.2, 0) is 17.7 Å². The highest BCUT2D eigenvalue weighted by atomic mass is 16.5. The molecule has 0 bridgehead atoms. The molecule has 0 saturated carbocycles. The second-order valence-corrected chi connectivity index (χ2v) is 7.44. The minimum absolute atomic E-state index is 0.201. The smallest absolute Gasteiger partial charge is 0.319 e. The van der Waals surface area contributed by atoms with Crippen LogP contribution in [0.4, 0.5) is 16.3 Å². The van der Waals surface area contributed by atoms with E-state index in [-0.39, 0.29) is 18.2 Å². The van der Waals surface area contributed by atoms with Crippen molar-refractivity contribution < 1.29 is 9.53 Å². The number of rotatable bonds is 6. The maximum absolute atomic E-state index is 12.1. The van der Waals surface area contributed by atoms with Gasteiger partial charge in [-0.2, -0.15) is 0 Å². The molecule has 2 N–H and O–H groups in total. The van der Waals surface area contributed by atoms with Crippen LogP contribution in [0.1, 0.15) is 38.3 Å². The third kappa shape index (κ3) is 5.70. The Morgan fingerprint density at radius 3 is 2.39 bits per heavy atom. The molecule has 2 amide bonds.